The van der Waals surface area contributed by atoms with E-state index in [0.29, 0.717) is 11.8 Å². The van der Waals surface area contributed by atoms with E-state index in [0.717, 1.165) is 22.4 Å². The number of allylic oxidation sites excluding steroid dienone is 1. The van der Waals surface area contributed by atoms with Crippen molar-refractivity contribution in [1.82, 2.24) is 9.55 Å². The molecule has 0 amide bonds. The maximum absolute atomic E-state index is 4.85. The average molecular weight is 318 g/mol. The fraction of sp³-hybridized carbons (Fsp3) is 0.318. The average Bonchev–Trinajstić information content (AvgIpc) is 2.93. The second kappa shape index (κ2) is 6.27. The van der Waals surface area contributed by atoms with E-state index < -0.39 is 0 Å². The largest absolute Gasteiger partial charge is 0.292 e. The maximum atomic E-state index is 4.85. The Morgan fingerprint density at radius 2 is 1.50 bits per heavy atom. The van der Waals surface area contributed by atoms with E-state index in [1.807, 2.05) is 13.0 Å². The van der Waals surface area contributed by atoms with Gasteiger partial charge in [-0.3, -0.25) is 4.57 Å². The molecule has 124 valence electrons. The van der Waals surface area contributed by atoms with Crippen molar-refractivity contribution in [3.63, 3.8) is 0 Å². The van der Waals surface area contributed by atoms with Crippen molar-refractivity contribution < 1.29 is 0 Å². The first kappa shape index (κ1) is 16.5. The third kappa shape index (κ3) is 2.66. The molecule has 2 heteroatoms. The normalized spacial score (nSPS) is 11.6. The van der Waals surface area contributed by atoms with Crippen molar-refractivity contribution in [2.45, 2.75) is 46.5 Å². The third-order valence-electron chi connectivity index (χ3n) is 4.51. The molecule has 0 saturated heterocycles. The number of nitrogens with zero attached hydrogens (tertiary/aromatic N) is 2. The smallest absolute Gasteiger partial charge is 0.140 e. The van der Waals surface area contributed by atoms with Crippen molar-refractivity contribution in [2.24, 2.45) is 0 Å². The van der Waals surface area contributed by atoms with Crippen LogP contribution in [-0.4, -0.2) is 9.55 Å². The summed E-state index contributed by atoms with van der Waals surface area (Å²) >= 11 is 0. The lowest BCUT2D eigenvalue weighted by atomic mass is 9.92. The lowest BCUT2D eigenvalue weighted by molar-refractivity contribution is 0.807. The van der Waals surface area contributed by atoms with Crippen molar-refractivity contribution in [2.75, 3.05) is 0 Å². The number of rotatable bonds is 4. The van der Waals surface area contributed by atoms with E-state index in [1.165, 1.54) is 16.8 Å². The van der Waals surface area contributed by atoms with Crippen LogP contribution in [0.1, 0.15) is 63.4 Å². The van der Waals surface area contributed by atoms with Gasteiger partial charge in [-0.15, -0.1) is 0 Å². The Hall–Kier alpha value is -2.35. The van der Waals surface area contributed by atoms with Crippen molar-refractivity contribution in [1.29, 1.82) is 0 Å². The van der Waals surface area contributed by atoms with Crippen LogP contribution in [0.3, 0.4) is 0 Å². The molecule has 0 saturated carbocycles. The predicted molar refractivity (Wildman–Crippen MR) is 104 cm³/mol. The third-order valence-corrected chi connectivity index (χ3v) is 4.51. The van der Waals surface area contributed by atoms with Gasteiger partial charge in [-0.25, -0.2) is 4.98 Å². The number of aromatic nitrogens is 2. The molecule has 24 heavy (non-hydrogen) atoms. The lowest BCUT2D eigenvalue weighted by Crippen LogP contribution is -2.09. The fourth-order valence-electron chi connectivity index (χ4n) is 3.31. The minimum atomic E-state index is 0.442. The Morgan fingerprint density at radius 1 is 0.917 bits per heavy atom. The maximum Gasteiger partial charge on any atom is 0.140 e. The molecule has 3 aromatic rings. The summed E-state index contributed by atoms with van der Waals surface area (Å²) in [6, 6.07) is 15.0. The summed E-state index contributed by atoms with van der Waals surface area (Å²) in [6.07, 6.45) is 0. The number of benzene rings is 2. The van der Waals surface area contributed by atoms with Crippen LogP contribution in [0.2, 0.25) is 0 Å². The van der Waals surface area contributed by atoms with E-state index >= 15 is 0 Å². The van der Waals surface area contributed by atoms with Crippen molar-refractivity contribution in [3.8, 4) is 5.69 Å². The number of para-hydroxylation sites is 3. The zero-order valence-electron chi connectivity index (χ0n) is 15.3. The van der Waals surface area contributed by atoms with Gasteiger partial charge >= 0.3 is 0 Å². The molecule has 0 N–H and O–H groups in total. The van der Waals surface area contributed by atoms with Crippen LogP contribution >= 0.6 is 0 Å². The van der Waals surface area contributed by atoms with Gasteiger partial charge in [0.05, 0.1) is 16.7 Å². The SMILES string of the molecule is C=C(C)c1nc2ccccc2n1-c1c(C(C)C)cccc1C(C)C. The molecule has 0 bridgehead atoms. The van der Waals surface area contributed by atoms with Crippen molar-refractivity contribution in [3.05, 3.63) is 66.0 Å². The first-order valence-corrected chi connectivity index (χ1v) is 8.68. The van der Waals surface area contributed by atoms with Gasteiger partial charge in [0.1, 0.15) is 5.82 Å². The predicted octanol–water partition coefficient (Wildman–Crippen LogP) is 6.31. The molecule has 0 radical (unpaired) electrons. The minimum absolute atomic E-state index is 0.442. The van der Waals surface area contributed by atoms with Crippen LogP contribution in [-0.2, 0) is 0 Å². The molecule has 0 atom stereocenters. The summed E-state index contributed by atoms with van der Waals surface area (Å²) in [7, 11) is 0. The van der Waals surface area contributed by atoms with Crippen LogP contribution in [0.4, 0.5) is 0 Å². The summed E-state index contributed by atoms with van der Waals surface area (Å²) in [5.41, 5.74) is 7.13. The number of hydrogen-bond acceptors (Lipinski definition) is 1. The molecule has 2 nitrogen and oxygen atoms in total. The van der Waals surface area contributed by atoms with Gasteiger partial charge in [-0.1, -0.05) is 64.6 Å². The quantitative estimate of drug-likeness (QED) is 0.551. The molecule has 0 aliphatic rings. The first-order chi connectivity index (χ1) is 11.4. The molecule has 2 aromatic carbocycles. The Labute approximate surface area is 144 Å². The molecule has 1 aromatic heterocycles. The van der Waals surface area contributed by atoms with Gasteiger partial charge in [0, 0.05) is 0 Å². The van der Waals surface area contributed by atoms with Gasteiger partial charge in [-0.2, -0.15) is 0 Å². The molecule has 0 fully saturated rings. The van der Waals surface area contributed by atoms with E-state index in [-0.39, 0.29) is 0 Å². The second-order valence-electron chi connectivity index (χ2n) is 7.13. The highest BCUT2D eigenvalue weighted by Gasteiger charge is 2.20. The Morgan fingerprint density at radius 3 is 2.04 bits per heavy atom. The van der Waals surface area contributed by atoms with Crippen LogP contribution in [0.15, 0.2) is 49.0 Å². The number of hydrogen-bond donors (Lipinski definition) is 0. The molecule has 0 unspecified atom stereocenters. The molecule has 0 aliphatic heterocycles. The molecule has 0 aliphatic carbocycles. The molecule has 0 spiro atoms. The highest BCUT2D eigenvalue weighted by Crippen LogP contribution is 2.35. The number of fused-ring (bicyclic) bond motifs is 1. The van der Waals surface area contributed by atoms with Gasteiger partial charge in [0.25, 0.3) is 0 Å². The summed E-state index contributed by atoms with van der Waals surface area (Å²) in [6.45, 7) is 15.2. The monoisotopic (exact) mass is 318 g/mol. The first-order valence-electron chi connectivity index (χ1n) is 8.68. The minimum Gasteiger partial charge on any atom is -0.292 e. The summed E-state index contributed by atoms with van der Waals surface area (Å²) in [5, 5.41) is 0. The van der Waals surface area contributed by atoms with Gasteiger partial charge < -0.3 is 0 Å². The standard InChI is InChI=1S/C22H26N2/c1-14(2)17-10-9-11-18(15(3)4)21(17)24-20-13-8-7-12-19(20)23-22(24)16(5)6/h7-15H,5H2,1-4,6H3. The summed E-state index contributed by atoms with van der Waals surface area (Å²) in [5.74, 6) is 1.84. The zero-order valence-corrected chi connectivity index (χ0v) is 15.3. The Balaban J connectivity index is 2.47. The molecular weight excluding hydrogens is 292 g/mol. The van der Waals surface area contributed by atoms with E-state index in [2.05, 4.69) is 75.2 Å². The van der Waals surface area contributed by atoms with Crippen LogP contribution in [0.5, 0.6) is 0 Å². The lowest BCUT2D eigenvalue weighted by Gasteiger charge is -2.22. The number of imidazole rings is 1. The fourth-order valence-corrected chi connectivity index (χ4v) is 3.31. The van der Waals surface area contributed by atoms with E-state index in [9.17, 15) is 0 Å². The topological polar surface area (TPSA) is 17.8 Å². The van der Waals surface area contributed by atoms with Gasteiger partial charge in [0.15, 0.2) is 0 Å². The highest BCUT2D eigenvalue weighted by atomic mass is 15.1. The molecular formula is C22H26N2. The Kier molecular flexibility index (Phi) is 4.31. The van der Waals surface area contributed by atoms with Crippen LogP contribution < -0.4 is 0 Å². The molecule has 1 heterocycles. The zero-order chi connectivity index (χ0) is 17.4. The highest BCUT2D eigenvalue weighted by molar-refractivity contribution is 5.82. The summed E-state index contributed by atoms with van der Waals surface area (Å²) < 4.78 is 2.31. The van der Waals surface area contributed by atoms with Gasteiger partial charge in [-0.05, 0) is 47.6 Å². The summed E-state index contributed by atoms with van der Waals surface area (Å²) in [4.78, 5) is 4.85. The second-order valence-corrected chi connectivity index (χ2v) is 7.13. The molecule has 3 rings (SSSR count). The van der Waals surface area contributed by atoms with E-state index in [4.69, 9.17) is 4.98 Å². The van der Waals surface area contributed by atoms with Crippen molar-refractivity contribution >= 4 is 16.6 Å². The van der Waals surface area contributed by atoms with Crippen LogP contribution in [0.25, 0.3) is 22.3 Å². The van der Waals surface area contributed by atoms with Crippen LogP contribution in [0, 0.1) is 0 Å². The Bertz CT molecular complexity index is 871. The van der Waals surface area contributed by atoms with E-state index in [1.54, 1.807) is 0 Å². The van der Waals surface area contributed by atoms with Gasteiger partial charge in [0.2, 0.25) is 0 Å².